The molecule has 1 rings (SSSR count). The van der Waals surface area contributed by atoms with Gasteiger partial charge in [-0.05, 0) is 6.58 Å². The molecular formula is C7H10O3. The number of carbonyl (C=O) groups is 1. The third kappa shape index (κ3) is 1.12. The minimum Gasteiger partial charge on any atom is -0.447 e. The predicted octanol–water partition coefficient (Wildman–Crippen LogP) is 1.06. The van der Waals surface area contributed by atoms with Gasteiger partial charge in [0.15, 0.2) is 0 Å². The molecule has 1 heterocycles. The molecule has 0 amide bonds. The summed E-state index contributed by atoms with van der Waals surface area (Å²) in [5, 5.41) is 0. The Morgan fingerprint density at radius 3 is 2.30 bits per heavy atom. The van der Waals surface area contributed by atoms with Crippen LogP contribution in [0.25, 0.3) is 0 Å². The van der Waals surface area contributed by atoms with Crippen LogP contribution >= 0.6 is 0 Å². The molecule has 1 saturated heterocycles. The second-order valence-electron chi connectivity index (χ2n) is 2.56. The molecule has 1 unspecified atom stereocenters. The second kappa shape index (κ2) is 2.33. The van der Waals surface area contributed by atoms with Crippen LogP contribution in [0, 0.1) is 5.92 Å². The van der Waals surface area contributed by atoms with Gasteiger partial charge < -0.3 is 9.47 Å². The molecule has 3 heteroatoms. The van der Waals surface area contributed by atoms with E-state index in [-0.39, 0.29) is 11.7 Å². The summed E-state index contributed by atoms with van der Waals surface area (Å²) in [5.74, 6) is -0.152. The van der Waals surface area contributed by atoms with E-state index in [2.05, 4.69) is 6.58 Å². The van der Waals surface area contributed by atoms with Gasteiger partial charge in [0.1, 0.15) is 0 Å². The van der Waals surface area contributed by atoms with E-state index >= 15 is 0 Å². The molecule has 1 fully saturated rings. The van der Waals surface area contributed by atoms with Gasteiger partial charge in [-0.25, -0.2) is 4.79 Å². The summed E-state index contributed by atoms with van der Waals surface area (Å²) >= 11 is 0. The van der Waals surface area contributed by atoms with Gasteiger partial charge in [-0.15, -0.1) is 0 Å². The van der Waals surface area contributed by atoms with Gasteiger partial charge in [-0.2, -0.15) is 0 Å². The van der Waals surface area contributed by atoms with E-state index in [1.54, 1.807) is 0 Å². The first-order valence-corrected chi connectivity index (χ1v) is 3.18. The van der Waals surface area contributed by atoms with Crippen LogP contribution in [0.1, 0.15) is 13.8 Å². The van der Waals surface area contributed by atoms with E-state index in [0.29, 0.717) is 0 Å². The van der Waals surface area contributed by atoms with Gasteiger partial charge in [-0.3, -0.25) is 0 Å². The van der Waals surface area contributed by atoms with Gasteiger partial charge in [0.05, 0.1) is 0 Å². The fourth-order valence-corrected chi connectivity index (χ4v) is 0.656. The van der Waals surface area contributed by atoms with Crippen molar-refractivity contribution in [2.45, 2.75) is 20.1 Å². The molecule has 3 nitrogen and oxygen atoms in total. The number of ether oxygens (including phenoxy) is 2. The van der Waals surface area contributed by atoms with E-state index < -0.39 is 12.3 Å². The maximum Gasteiger partial charge on any atom is 0.376 e. The average Bonchev–Trinajstić information content (AvgIpc) is 2.13. The van der Waals surface area contributed by atoms with E-state index in [4.69, 9.17) is 9.47 Å². The molecule has 0 radical (unpaired) electrons. The molecule has 56 valence electrons. The van der Waals surface area contributed by atoms with Crippen LogP contribution in [0.2, 0.25) is 0 Å². The SMILES string of the molecule is C=C1OC(C(C)C)OC1=O. The minimum atomic E-state index is -0.446. The van der Waals surface area contributed by atoms with E-state index in [0.717, 1.165) is 0 Å². The summed E-state index contributed by atoms with van der Waals surface area (Å²) in [6.45, 7) is 7.20. The predicted molar refractivity (Wildman–Crippen MR) is 34.9 cm³/mol. The minimum absolute atomic E-state index is 0.110. The van der Waals surface area contributed by atoms with E-state index in [9.17, 15) is 4.79 Å². The van der Waals surface area contributed by atoms with Crippen LogP contribution < -0.4 is 0 Å². The van der Waals surface area contributed by atoms with E-state index in [1.165, 1.54) is 0 Å². The van der Waals surface area contributed by atoms with Crippen molar-refractivity contribution >= 4 is 5.97 Å². The van der Waals surface area contributed by atoms with Crippen molar-refractivity contribution < 1.29 is 14.3 Å². The summed E-state index contributed by atoms with van der Waals surface area (Å²) in [6, 6.07) is 0. The van der Waals surface area contributed by atoms with Gasteiger partial charge in [0.25, 0.3) is 0 Å². The molecule has 0 saturated carbocycles. The largest absolute Gasteiger partial charge is 0.447 e. The third-order valence-corrected chi connectivity index (χ3v) is 1.25. The monoisotopic (exact) mass is 142 g/mol. The zero-order chi connectivity index (χ0) is 7.72. The van der Waals surface area contributed by atoms with Crippen molar-refractivity contribution in [1.29, 1.82) is 0 Å². The van der Waals surface area contributed by atoms with Crippen molar-refractivity contribution in [3.63, 3.8) is 0 Å². The molecule has 10 heavy (non-hydrogen) atoms. The summed E-state index contributed by atoms with van der Waals surface area (Å²) in [6.07, 6.45) is -0.431. The first kappa shape index (κ1) is 7.12. The van der Waals surface area contributed by atoms with Crippen LogP contribution in [0.4, 0.5) is 0 Å². The second-order valence-corrected chi connectivity index (χ2v) is 2.56. The Morgan fingerprint density at radius 2 is 2.10 bits per heavy atom. The maximum atomic E-state index is 10.6. The van der Waals surface area contributed by atoms with E-state index in [1.807, 2.05) is 13.8 Å². The molecule has 1 aliphatic rings. The summed E-state index contributed by atoms with van der Waals surface area (Å²) < 4.78 is 9.74. The number of esters is 1. The Balaban J connectivity index is 2.57. The molecule has 0 aliphatic carbocycles. The molecule has 1 aliphatic heterocycles. The molecule has 0 spiro atoms. The van der Waals surface area contributed by atoms with Gasteiger partial charge in [-0.1, -0.05) is 13.8 Å². The van der Waals surface area contributed by atoms with Crippen LogP contribution in [-0.4, -0.2) is 12.3 Å². The van der Waals surface area contributed by atoms with Gasteiger partial charge in [0.2, 0.25) is 12.0 Å². The number of hydrogen-bond donors (Lipinski definition) is 0. The van der Waals surface area contributed by atoms with Crippen molar-refractivity contribution in [2.24, 2.45) is 5.92 Å². The summed E-state index contributed by atoms with van der Waals surface area (Å²) in [5.41, 5.74) is 0. The zero-order valence-electron chi connectivity index (χ0n) is 6.09. The molecule has 1 atom stereocenters. The highest BCUT2D eigenvalue weighted by molar-refractivity contribution is 5.86. The van der Waals surface area contributed by atoms with Crippen LogP contribution in [-0.2, 0) is 14.3 Å². The Kier molecular flexibility index (Phi) is 1.66. The van der Waals surface area contributed by atoms with Crippen molar-refractivity contribution in [3.8, 4) is 0 Å². The first-order valence-electron chi connectivity index (χ1n) is 3.18. The Morgan fingerprint density at radius 1 is 1.50 bits per heavy atom. The van der Waals surface area contributed by atoms with Crippen LogP contribution in [0.15, 0.2) is 12.3 Å². The van der Waals surface area contributed by atoms with Gasteiger partial charge in [0, 0.05) is 5.92 Å². The zero-order valence-corrected chi connectivity index (χ0v) is 6.09. The molecule has 0 aromatic rings. The highest BCUT2D eigenvalue weighted by Gasteiger charge is 2.30. The lowest BCUT2D eigenvalue weighted by Gasteiger charge is -2.10. The number of carbonyl (C=O) groups excluding carboxylic acids is 1. The van der Waals surface area contributed by atoms with Crippen LogP contribution in [0.5, 0.6) is 0 Å². The first-order chi connectivity index (χ1) is 4.61. The molecule has 0 N–H and O–H groups in total. The molecule has 0 aromatic carbocycles. The topological polar surface area (TPSA) is 35.5 Å². The number of rotatable bonds is 1. The highest BCUT2D eigenvalue weighted by atomic mass is 16.7. The lowest BCUT2D eigenvalue weighted by Crippen LogP contribution is -2.15. The number of hydrogen-bond acceptors (Lipinski definition) is 3. The summed E-state index contributed by atoms with van der Waals surface area (Å²) in [4.78, 5) is 10.6. The molecule has 0 aromatic heterocycles. The van der Waals surface area contributed by atoms with Crippen LogP contribution in [0.3, 0.4) is 0 Å². The smallest absolute Gasteiger partial charge is 0.376 e. The van der Waals surface area contributed by atoms with Crippen molar-refractivity contribution in [1.82, 2.24) is 0 Å². The molecule has 0 bridgehead atoms. The summed E-state index contributed by atoms with van der Waals surface area (Å²) in [7, 11) is 0. The maximum absolute atomic E-state index is 10.6. The average molecular weight is 142 g/mol. The lowest BCUT2D eigenvalue weighted by atomic mass is 10.2. The standard InChI is InChI=1S/C7H10O3/c1-4(2)7-9-5(3)6(8)10-7/h4,7H,3H2,1-2H3. The fourth-order valence-electron chi connectivity index (χ4n) is 0.656. The van der Waals surface area contributed by atoms with Crippen molar-refractivity contribution in [2.75, 3.05) is 0 Å². The van der Waals surface area contributed by atoms with Gasteiger partial charge >= 0.3 is 5.97 Å². The third-order valence-electron chi connectivity index (χ3n) is 1.25. The van der Waals surface area contributed by atoms with Crippen molar-refractivity contribution in [3.05, 3.63) is 12.3 Å². The Bertz CT molecular complexity index is 156. The molecular weight excluding hydrogens is 132 g/mol. The fraction of sp³-hybridized carbons (Fsp3) is 0.571. The Hall–Kier alpha value is -0.990. The Labute approximate surface area is 59.6 Å². The quantitative estimate of drug-likeness (QED) is 0.405. The normalized spacial score (nSPS) is 24.9. The number of cyclic esters (lactones) is 1. The lowest BCUT2D eigenvalue weighted by molar-refractivity contribution is -0.146. The highest BCUT2D eigenvalue weighted by Crippen LogP contribution is 2.20.